The van der Waals surface area contributed by atoms with Crippen molar-refractivity contribution in [2.75, 3.05) is 25.1 Å². The zero-order valence-corrected chi connectivity index (χ0v) is 11.5. The minimum absolute atomic E-state index is 0.411. The molecule has 1 fully saturated rings. The molecule has 0 amide bonds. The minimum atomic E-state index is 0.411. The van der Waals surface area contributed by atoms with Gasteiger partial charge in [0.2, 0.25) is 0 Å². The first-order valence-electron chi connectivity index (χ1n) is 6.78. The van der Waals surface area contributed by atoms with Crippen molar-refractivity contribution in [1.82, 2.24) is 0 Å². The van der Waals surface area contributed by atoms with E-state index in [1.54, 1.807) is 0 Å². The predicted molar refractivity (Wildman–Crippen MR) is 74.4 cm³/mol. The third kappa shape index (κ3) is 3.16. The summed E-state index contributed by atoms with van der Waals surface area (Å²) >= 11 is 0. The number of aryl methyl sites for hydroxylation is 1. The van der Waals surface area contributed by atoms with Gasteiger partial charge in [-0.15, -0.1) is 0 Å². The highest BCUT2D eigenvalue weighted by atomic mass is 16.5. The molecule has 1 aliphatic heterocycles. The highest BCUT2D eigenvalue weighted by Gasteiger charge is 2.22. The second-order valence-corrected chi connectivity index (χ2v) is 4.99. The number of hydrogen-bond donors (Lipinski definition) is 1. The molecular formula is C15H23NO2. The van der Waals surface area contributed by atoms with Crippen LogP contribution >= 0.6 is 0 Å². The molecule has 0 bridgehead atoms. The van der Waals surface area contributed by atoms with E-state index in [9.17, 15) is 0 Å². The van der Waals surface area contributed by atoms with Crippen LogP contribution < -0.4 is 10.1 Å². The number of benzene rings is 1. The summed E-state index contributed by atoms with van der Waals surface area (Å²) < 4.78 is 11.1. The Hall–Kier alpha value is -1.22. The lowest BCUT2D eigenvalue weighted by atomic mass is 10.0. The van der Waals surface area contributed by atoms with Crippen LogP contribution in [0.4, 0.5) is 5.69 Å². The van der Waals surface area contributed by atoms with Crippen molar-refractivity contribution < 1.29 is 9.47 Å². The average Bonchev–Trinajstić information content (AvgIpc) is 2.86. The van der Waals surface area contributed by atoms with E-state index in [-0.39, 0.29) is 0 Å². The van der Waals surface area contributed by atoms with Gasteiger partial charge in [0.05, 0.1) is 18.9 Å². The molecule has 1 aliphatic rings. The summed E-state index contributed by atoms with van der Waals surface area (Å²) in [6.45, 7) is 8.77. The van der Waals surface area contributed by atoms with Crippen LogP contribution in [0.5, 0.6) is 5.75 Å². The Morgan fingerprint density at radius 1 is 1.50 bits per heavy atom. The topological polar surface area (TPSA) is 30.5 Å². The molecule has 3 nitrogen and oxygen atoms in total. The molecule has 0 aliphatic carbocycles. The molecule has 2 rings (SSSR count). The highest BCUT2D eigenvalue weighted by Crippen LogP contribution is 2.28. The molecule has 2 unspecified atom stereocenters. The molecule has 0 radical (unpaired) electrons. The number of anilines is 1. The number of ether oxygens (including phenoxy) is 2. The summed E-state index contributed by atoms with van der Waals surface area (Å²) in [5.41, 5.74) is 2.31. The van der Waals surface area contributed by atoms with Gasteiger partial charge in [0, 0.05) is 18.6 Å². The molecule has 1 heterocycles. The van der Waals surface area contributed by atoms with Gasteiger partial charge in [0.1, 0.15) is 5.75 Å². The smallest absolute Gasteiger partial charge is 0.142 e. The lowest BCUT2D eigenvalue weighted by molar-refractivity contribution is 0.183. The van der Waals surface area contributed by atoms with E-state index in [1.807, 2.05) is 6.92 Å². The standard InChI is InChI=1S/C15H23NO2/c1-4-18-15-9-11(2)5-6-14(15)16-12(3)13-7-8-17-10-13/h5-6,9,12-13,16H,4,7-8,10H2,1-3H3. The summed E-state index contributed by atoms with van der Waals surface area (Å²) in [6.07, 6.45) is 1.14. The Kier molecular flexibility index (Phi) is 4.48. The van der Waals surface area contributed by atoms with Crippen LogP contribution in [0.15, 0.2) is 18.2 Å². The molecule has 0 saturated carbocycles. The van der Waals surface area contributed by atoms with Gasteiger partial charge in [0.25, 0.3) is 0 Å². The second kappa shape index (κ2) is 6.10. The molecule has 1 N–H and O–H groups in total. The Labute approximate surface area is 109 Å². The lowest BCUT2D eigenvalue weighted by Crippen LogP contribution is -2.26. The van der Waals surface area contributed by atoms with Crippen molar-refractivity contribution >= 4 is 5.69 Å². The van der Waals surface area contributed by atoms with Crippen LogP contribution in [0.2, 0.25) is 0 Å². The maximum Gasteiger partial charge on any atom is 0.142 e. The van der Waals surface area contributed by atoms with Crippen LogP contribution in [0.1, 0.15) is 25.8 Å². The van der Waals surface area contributed by atoms with Gasteiger partial charge in [-0.05, 0) is 44.9 Å². The van der Waals surface area contributed by atoms with E-state index in [2.05, 4.69) is 37.4 Å². The molecule has 2 atom stereocenters. The van der Waals surface area contributed by atoms with Crippen LogP contribution in [0.3, 0.4) is 0 Å². The van der Waals surface area contributed by atoms with Gasteiger partial charge in [-0.25, -0.2) is 0 Å². The van der Waals surface area contributed by atoms with Crippen LogP contribution in [0, 0.1) is 12.8 Å². The van der Waals surface area contributed by atoms with Crippen molar-refractivity contribution in [2.45, 2.75) is 33.2 Å². The molecule has 1 saturated heterocycles. The Morgan fingerprint density at radius 2 is 2.33 bits per heavy atom. The molecule has 1 aromatic carbocycles. The third-order valence-electron chi connectivity index (χ3n) is 3.49. The summed E-state index contributed by atoms with van der Waals surface area (Å²) in [6, 6.07) is 6.72. The van der Waals surface area contributed by atoms with Crippen molar-refractivity contribution in [3.05, 3.63) is 23.8 Å². The Morgan fingerprint density at radius 3 is 3.00 bits per heavy atom. The summed E-state index contributed by atoms with van der Waals surface area (Å²) in [5.74, 6) is 1.55. The van der Waals surface area contributed by atoms with Crippen LogP contribution in [0.25, 0.3) is 0 Å². The van der Waals surface area contributed by atoms with E-state index < -0.39 is 0 Å². The molecule has 18 heavy (non-hydrogen) atoms. The maximum atomic E-state index is 5.69. The lowest BCUT2D eigenvalue weighted by Gasteiger charge is -2.22. The second-order valence-electron chi connectivity index (χ2n) is 4.99. The van der Waals surface area contributed by atoms with Gasteiger partial charge >= 0.3 is 0 Å². The van der Waals surface area contributed by atoms with Crippen LogP contribution in [-0.4, -0.2) is 25.9 Å². The van der Waals surface area contributed by atoms with Crippen molar-refractivity contribution in [1.29, 1.82) is 0 Å². The Bertz CT molecular complexity index is 386. The first-order valence-corrected chi connectivity index (χ1v) is 6.78. The molecular weight excluding hydrogens is 226 g/mol. The summed E-state index contributed by atoms with van der Waals surface area (Å²) in [7, 11) is 0. The minimum Gasteiger partial charge on any atom is -0.492 e. The molecule has 3 heteroatoms. The van der Waals surface area contributed by atoms with Gasteiger partial charge in [-0.1, -0.05) is 6.07 Å². The number of nitrogens with one attached hydrogen (secondary N) is 1. The van der Waals surface area contributed by atoms with E-state index >= 15 is 0 Å². The first kappa shape index (κ1) is 13.2. The third-order valence-corrected chi connectivity index (χ3v) is 3.49. The average molecular weight is 249 g/mol. The fraction of sp³-hybridized carbons (Fsp3) is 0.600. The van der Waals surface area contributed by atoms with Crippen molar-refractivity contribution in [3.8, 4) is 5.75 Å². The Balaban J connectivity index is 2.07. The van der Waals surface area contributed by atoms with Crippen LogP contribution in [-0.2, 0) is 4.74 Å². The quantitative estimate of drug-likeness (QED) is 0.869. The maximum absolute atomic E-state index is 5.69. The zero-order valence-electron chi connectivity index (χ0n) is 11.5. The van der Waals surface area contributed by atoms with Crippen molar-refractivity contribution in [2.24, 2.45) is 5.92 Å². The van der Waals surface area contributed by atoms with E-state index in [0.717, 1.165) is 31.1 Å². The van der Waals surface area contributed by atoms with Gasteiger partial charge in [0.15, 0.2) is 0 Å². The van der Waals surface area contributed by atoms with Gasteiger partial charge < -0.3 is 14.8 Å². The monoisotopic (exact) mass is 249 g/mol. The fourth-order valence-corrected chi connectivity index (χ4v) is 2.33. The SMILES string of the molecule is CCOc1cc(C)ccc1NC(C)C1CCOC1. The fourth-order valence-electron chi connectivity index (χ4n) is 2.33. The number of hydrogen-bond acceptors (Lipinski definition) is 3. The van der Waals surface area contributed by atoms with Gasteiger partial charge in [-0.2, -0.15) is 0 Å². The molecule has 0 aromatic heterocycles. The summed E-state index contributed by atoms with van der Waals surface area (Å²) in [4.78, 5) is 0. The predicted octanol–water partition coefficient (Wildman–Crippen LogP) is 3.23. The zero-order chi connectivity index (χ0) is 13.0. The van der Waals surface area contributed by atoms with E-state index in [0.29, 0.717) is 18.6 Å². The molecule has 0 spiro atoms. The highest BCUT2D eigenvalue weighted by molar-refractivity contribution is 5.58. The molecule has 100 valence electrons. The normalized spacial score (nSPS) is 20.7. The first-order chi connectivity index (χ1) is 8.70. The molecule has 1 aromatic rings. The van der Waals surface area contributed by atoms with Gasteiger partial charge in [-0.3, -0.25) is 0 Å². The number of rotatable bonds is 5. The van der Waals surface area contributed by atoms with E-state index in [4.69, 9.17) is 9.47 Å². The largest absolute Gasteiger partial charge is 0.492 e. The summed E-state index contributed by atoms with van der Waals surface area (Å²) in [5, 5.41) is 3.56. The van der Waals surface area contributed by atoms with Crippen molar-refractivity contribution in [3.63, 3.8) is 0 Å². The van der Waals surface area contributed by atoms with E-state index in [1.165, 1.54) is 5.56 Å².